The number of fused-ring (bicyclic) bond motifs is 2. The molecule has 0 bridgehead atoms. The van der Waals surface area contributed by atoms with Gasteiger partial charge in [0.2, 0.25) is 0 Å². The Bertz CT molecular complexity index is 958. The Kier molecular flexibility index (Phi) is 3.61. The molecule has 5 rings (SSSR count). The largest absolute Gasteiger partial charge is 0.453 e. The van der Waals surface area contributed by atoms with Crippen LogP contribution in [-0.2, 0) is 12.7 Å². The van der Waals surface area contributed by atoms with Gasteiger partial charge in [-0.1, -0.05) is 30.3 Å². The lowest BCUT2D eigenvalue weighted by Gasteiger charge is -2.21. The maximum Gasteiger partial charge on any atom is 0.453 e. The van der Waals surface area contributed by atoms with Crippen molar-refractivity contribution in [1.29, 1.82) is 0 Å². The fourth-order valence-electron chi connectivity index (χ4n) is 3.97. The van der Waals surface area contributed by atoms with Crippen LogP contribution in [-0.4, -0.2) is 38.9 Å². The van der Waals surface area contributed by atoms with E-state index in [9.17, 15) is 13.2 Å². The molecule has 1 aliphatic carbocycles. The fraction of sp³-hybridized carbons (Fsp3) is 0.389. The van der Waals surface area contributed by atoms with E-state index in [1.165, 1.54) is 11.6 Å². The average molecular weight is 374 g/mol. The Labute approximate surface area is 153 Å². The molecule has 1 saturated carbocycles. The monoisotopic (exact) mass is 374 g/mol. The molecule has 3 aromatic rings. The second-order valence-corrected chi connectivity index (χ2v) is 7.11. The van der Waals surface area contributed by atoms with E-state index < -0.39 is 12.0 Å². The van der Waals surface area contributed by atoms with Crippen molar-refractivity contribution in [3.05, 3.63) is 53.9 Å². The molecular formula is C18H17F3N6. The maximum atomic E-state index is 13.0. The Balaban J connectivity index is 1.26. The SMILES string of the molecule is FC(F)(F)c1nnc2ccc(N3C[C@@H]4C(NCc5ccccc5)[C@@H]4C3)nn12. The highest BCUT2D eigenvalue weighted by Gasteiger charge is 2.55. The minimum Gasteiger partial charge on any atom is -0.354 e. The maximum absolute atomic E-state index is 13.0. The van der Waals surface area contributed by atoms with E-state index >= 15 is 0 Å². The summed E-state index contributed by atoms with van der Waals surface area (Å²) in [7, 11) is 0. The van der Waals surface area contributed by atoms with Gasteiger partial charge in [0.05, 0.1) is 0 Å². The molecule has 0 spiro atoms. The van der Waals surface area contributed by atoms with Gasteiger partial charge in [-0.2, -0.15) is 17.7 Å². The van der Waals surface area contributed by atoms with Gasteiger partial charge in [0.1, 0.15) is 5.82 Å². The van der Waals surface area contributed by atoms with Crippen LogP contribution in [0.4, 0.5) is 19.0 Å². The molecule has 9 heteroatoms. The van der Waals surface area contributed by atoms with Crippen LogP contribution in [0.5, 0.6) is 0 Å². The molecule has 1 unspecified atom stereocenters. The molecule has 2 aromatic heterocycles. The molecule has 2 fully saturated rings. The van der Waals surface area contributed by atoms with E-state index in [0.717, 1.165) is 24.1 Å². The second-order valence-electron chi connectivity index (χ2n) is 7.11. The number of benzene rings is 1. The van der Waals surface area contributed by atoms with Crippen LogP contribution in [0, 0.1) is 11.8 Å². The lowest BCUT2D eigenvalue weighted by atomic mass is 10.2. The van der Waals surface area contributed by atoms with E-state index in [4.69, 9.17) is 0 Å². The standard InChI is InChI=1S/C18H17F3N6/c19-18(20,21)17-24-23-14-6-7-15(25-27(14)17)26-9-12-13(10-26)16(12)22-8-11-4-2-1-3-5-11/h1-7,12-13,16,22H,8-10H2/t12-,13+,16?. The van der Waals surface area contributed by atoms with Gasteiger partial charge in [-0.3, -0.25) is 0 Å². The van der Waals surface area contributed by atoms with Crippen molar-refractivity contribution in [3.63, 3.8) is 0 Å². The predicted molar refractivity (Wildman–Crippen MR) is 92.0 cm³/mol. The van der Waals surface area contributed by atoms with E-state index in [-0.39, 0.29) is 5.65 Å². The van der Waals surface area contributed by atoms with Crippen molar-refractivity contribution in [1.82, 2.24) is 25.1 Å². The smallest absolute Gasteiger partial charge is 0.354 e. The zero-order valence-electron chi connectivity index (χ0n) is 14.3. The van der Waals surface area contributed by atoms with E-state index in [1.54, 1.807) is 6.07 Å². The molecule has 1 N–H and O–H groups in total. The van der Waals surface area contributed by atoms with Crippen LogP contribution in [0.3, 0.4) is 0 Å². The van der Waals surface area contributed by atoms with Crippen molar-refractivity contribution in [2.45, 2.75) is 18.8 Å². The van der Waals surface area contributed by atoms with E-state index in [1.807, 2.05) is 23.1 Å². The number of rotatable bonds is 4. The molecule has 6 nitrogen and oxygen atoms in total. The van der Waals surface area contributed by atoms with Gasteiger partial charge in [-0.25, -0.2) is 0 Å². The zero-order valence-corrected chi connectivity index (χ0v) is 14.3. The summed E-state index contributed by atoms with van der Waals surface area (Å²) in [6.45, 7) is 2.41. The topological polar surface area (TPSA) is 58.4 Å². The lowest BCUT2D eigenvalue weighted by Crippen LogP contribution is -2.31. The number of piperidine rings is 1. The van der Waals surface area contributed by atoms with Crippen molar-refractivity contribution in [3.8, 4) is 0 Å². The Morgan fingerprint density at radius 3 is 2.44 bits per heavy atom. The summed E-state index contributed by atoms with van der Waals surface area (Å²) in [5, 5.41) is 14.5. The molecule has 0 radical (unpaired) electrons. The number of nitrogens with zero attached hydrogens (tertiary/aromatic N) is 5. The molecule has 27 heavy (non-hydrogen) atoms. The minimum atomic E-state index is -4.58. The third-order valence-corrected chi connectivity index (χ3v) is 5.41. The van der Waals surface area contributed by atoms with Gasteiger partial charge in [0.25, 0.3) is 5.82 Å². The predicted octanol–water partition coefficient (Wildman–Crippen LogP) is 2.37. The highest BCUT2D eigenvalue weighted by molar-refractivity contribution is 5.48. The lowest BCUT2D eigenvalue weighted by molar-refractivity contribution is -0.146. The number of hydrogen-bond acceptors (Lipinski definition) is 5. The summed E-state index contributed by atoms with van der Waals surface area (Å²) in [4.78, 5) is 2.04. The van der Waals surface area contributed by atoms with Gasteiger partial charge < -0.3 is 10.2 Å². The number of anilines is 1. The summed E-state index contributed by atoms with van der Waals surface area (Å²) in [6, 6.07) is 13.9. The first kappa shape index (κ1) is 16.5. The minimum absolute atomic E-state index is 0.0952. The number of aromatic nitrogens is 4. The molecule has 1 saturated heterocycles. The van der Waals surface area contributed by atoms with Gasteiger partial charge in [-0.05, 0) is 29.5 Å². The first-order valence-corrected chi connectivity index (χ1v) is 8.82. The normalized spacial score (nSPS) is 24.4. The summed E-state index contributed by atoms with van der Waals surface area (Å²) >= 11 is 0. The molecule has 0 amide bonds. The molecule has 3 heterocycles. The molecule has 1 aromatic carbocycles. The third kappa shape index (κ3) is 2.91. The second kappa shape index (κ2) is 5.91. The van der Waals surface area contributed by atoms with Crippen LogP contribution in [0.2, 0.25) is 0 Å². The summed E-state index contributed by atoms with van der Waals surface area (Å²) in [5.41, 5.74) is 1.34. The van der Waals surface area contributed by atoms with Crippen LogP contribution in [0.25, 0.3) is 5.65 Å². The quantitative estimate of drug-likeness (QED) is 0.760. The average Bonchev–Trinajstić information content (AvgIpc) is 3.03. The highest BCUT2D eigenvalue weighted by Crippen LogP contribution is 2.46. The third-order valence-electron chi connectivity index (χ3n) is 5.41. The first-order valence-electron chi connectivity index (χ1n) is 8.82. The molecule has 1 aliphatic heterocycles. The van der Waals surface area contributed by atoms with Crippen molar-refractivity contribution in [2.24, 2.45) is 11.8 Å². The summed E-state index contributed by atoms with van der Waals surface area (Å²) in [5.74, 6) is 0.455. The van der Waals surface area contributed by atoms with Crippen LogP contribution >= 0.6 is 0 Å². The van der Waals surface area contributed by atoms with Gasteiger partial charge in [-0.15, -0.1) is 15.3 Å². The fourth-order valence-corrected chi connectivity index (χ4v) is 3.97. The first-order chi connectivity index (χ1) is 13.0. The van der Waals surface area contributed by atoms with Crippen molar-refractivity contribution >= 4 is 11.5 Å². The Morgan fingerprint density at radius 1 is 1.00 bits per heavy atom. The van der Waals surface area contributed by atoms with E-state index in [2.05, 4.69) is 32.7 Å². The van der Waals surface area contributed by atoms with Crippen molar-refractivity contribution in [2.75, 3.05) is 18.0 Å². The molecule has 140 valence electrons. The summed E-state index contributed by atoms with van der Waals surface area (Å²) in [6.07, 6.45) is -4.58. The van der Waals surface area contributed by atoms with Crippen LogP contribution in [0.15, 0.2) is 42.5 Å². The Hall–Kier alpha value is -2.68. The molecule has 2 aliphatic rings. The number of alkyl halides is 3. The van der Waals surface area contributed by atoms with Gasteiger partial charge in [0.15, 0.2) is 5.65 Å². The highest BCUT2D eigenvalue weighted by atomic mass is 19.4. The van der Waals surface area contributed by atoms with Crippen LogP contribution in [0.1, 0.15) is 11.4 Å². The van der Waals surface area contributed by atoms with E-state index in [0.29, 0.717) is 23.7 Å². The zero-order chi connectivity index (χ0) is 18.6. The number of hydrogen-bond donors (Lipinski definition) is 1. The van der Waals surface area contributed by atoms with Crippen LogP contribution < -0.4 is 10.2 Å². The number of halogens is 3. The van der Waals surface area contributed by atoms with Crippen molar-refractivity contribution < 1.29 is 13.2 Å². The number of nitrogens with one attached hydrogen (secondary N) is 1. The van der Waals surface area contributed by atoms with Gasteiger partial charge in [0, 0.05) is 25.7 Å². The summed E-state index contributed by atoms with van der Waals surface area (Å²) < 4.78 is 39.8. The van der Waals surface area contributed by atoms with Gasteiger partial charge >= 0.3 is 6.18 Å². The molecule has 3 atom stereocenters. The Morgan fingerprint density at radius 2 is 1.74 bits per heavy atom. The molecular weight excluding hydrogens is 357 g/mol.